The van der Waals surface area contributed by atoms with Gasteiger partial charge in [-0.25, -0.2) is 0 Å². The normalized spacial score (nSPS) is 26.9. The van der Waals surface area contributed by atoms with Crippen molar-refractivity contribution in [1.82, 2.24) is 4.90 Å². The second kappa shape index (κ2) is 4.80. The highest BCUT2D eigenvalue weighted by Gasteiger charge is 2.33. The number of nitrogen functional groups attached to an aromatic ring is 1. The summed E-state index contributed by atoms with van der Waals surface area (Å²) in [6.07, 6.45) is 3.37. The summed E-state index contributed by atoms with van der Waals surface area (Å²) in [6, 6.07) is 6.97. The highest BCUT2D eigenvalue weighted by Crippen LogP contribution is 2.31. The van der Waals surface area contributed by atoms with E-state index in [0.29, 0.717) is 6.04 Å². The Morgan fingerprint density at radius 3 is 3.00 bits per heavy atom. The van der Waals surface area contributed by atoms with E-state index in [1.54, 1.807) is 0 Å². The van der Waals surface area contributed by atoms with Crippen LogP contribution in [-0.4, -0.2) is 29.7 Å². The van der Waals surface area contributed by atoms with Crippen molar-refractivity contribution in [2.45, 2.75) is 51.3 Å². The van der Waals surface area contributed by atoms with E-state index in [9.17, 15) is 0 Å². The van der Waals surface area contributed by atoms with E-state index in [1.807, 2.05) is 6.07 Å². The van der Waals surface area contributed by atoms with Gasteiger partial charge in [0.2, 0.25) is 0 Å². The largest absolute Gasteiger partial charge is 0.398 e. The lowest BCUT2D eigenvalue weighted by molar-refractivity contribution is -0.0851. The van der Waals surface area contributed by atoms with E-state index in [-0.39, 0.29) is 5.60 Å². The average molecular weight is 260 g/mol. The molecule has 3 rings (SSSR count). The second-order valence-electron chi connectivity index (χ2n) is 6.46. The zero-order valence-corrected chi connectivity index (χ0v) is 12.0. The standard InChI is InChI=1S/C16H24N2O/c1-16(2)10-13(7-9-19-16)18-8-6-14-12(11-18)4-3-5-15(14)17/h3-5,13H,6-11,17H2,1-2H3. The molecule has 1 aromatic rings. The summed E-state index contributed by atoms with van der Waals surface area (Å²) in [5.74, 6) is 0. The molecular formula is C16H24N2O. The minimum absolute atomic E-state index is 0.0267. The van der Waals surface area contributed by atoms with Crippen LogP contribution in [-0.2, 0) is 17.7 Å². The fraction of sp³-hybridized carbons (Fsp3) is 0.625. The molecule has 19 heavy (non-hydrogen) atoms. The Morgan fingerprint density at radius 1 is 1.37 bits per heavy atom. The molecule has 0 aromatic heterocycles. The maximum atomic E-state index is 6.07. The van der Waals surface area contributed by atoms with Crippen molar-refractivity contribution in [3.63, 3.8) is 0 Å². The van der Waals surface area contributed by atoms with Crippen LogP contribution in [0.25, 0.3) is 0 Å². The molecule has 0 aliphatic carbocycles. The minimum Gasteiger partial charge on any atom is -0.398 e. The summed E-state index contributed by atoms with van der Waals surface area (Å²) < 4.78 is 5.83. The van der Waals surface area contributed by atoms with Crippen molar-refractivity contribution >= 4 is 5.69 Å². The summed E-state index contributed by atoms with van der Waals surface area (Å²) in [5, 5.41) is 0. The van der Waals surface area contributed by atoms with Gasteiger partial charge >= 0.3 is 0 Å². The predicted octanol–water partition coefficient (Wildman–Crippen LogP) is 2.58. The van der Waals surface area contributed by atoms with Gasteiger partial charge in [0.1, 0.15) is 0 Å². The number of nitrogens with two attached hydrogens (primary N) is 1. The molecule has 3 nitrogen and oxygen atoms in total. The highest BCUT2D eigenvalue weighted by molar-refractivity contribution is 5.51. The summed E-state index contributed by atoms with van der Waals surface area (Å²) in [7, 11) is 0. The van der Waals surface area contributed by atoms with Gasteiger partial charge in [-0.1, -0.05) is 12.1 Å². The van der Waals surface area contributed by atoms with Crippen LogP contribution in [0.3, 0.4) is 0 Å². The number of benzene rings is 1. The van der Waals surface area contributed by atoms with Gasteiger partial charge in [-0.15, -0.1) is 0 Å². The van der Waals surface area contributed by atoms with Crippen LogP contribution >= 0.6 is 0 Å². The van der Waals surface area contributed by atoms with Crippen LogP contribution in [0.4, 0.5) is 5.69 Å². The van der Waals surface area contributed by atoms with Crippen molar-refractivity contribution in [3.05, 3.63) is 29.3 Å². The van der Waals surface area contributed by atoms with Crippen LogP contribution < -0.4 is 5.73 Å². The first-order valence-electron chi connectivity index (χ1n) is 7.29. The van der Waals surface area contributed by atoms with Crippen LogP contribution in [0.1, 0.15) is 37.8 Å². The number of hydrogen-bond donors (Lipinski definition) is 1. The molecule has 2 heterocycles. The lowest BCUT2D eigenvalue weighted by Gasteiger charge is -2.43. The summed E-state index contributed by atoms with van der Waals surface area (Å²) in [5.41, 5.74) is 9.84. The number of anilines is 1. The first-order valence-corrected chi connectivity index (χ1v) is 7.29. The van der Waals surface area contributed by atoms with Gasteiger partial charge < -0.3 is 10.5 Å². The maximum absolute atomic E-state index is 6.07. The Hall–Kier alpha value is -1.06. The fourth-order valence-electron chi connectivity index (χ4n) is 3.48. The van der Waals surface area contributed by atoms with Crippen molar-refractivity contribution in [1.29, 1.82) is 0 Å². The molecular weight excluding hydrogens is 236 g/mol. The third-order valence-corrected chi connectivity index (χ3v) is 4.52. The lowest BCUT2D eigenvalue weighted by atomic mass is 9.90. The van der Waals surface area contributed by atoms with Gasteiger partial charge in [0.25, 0.3) is 0 Å². The Bertz CT molecular complexity index is 470. The molecule has 1 aromatic carbocycles. The molecule has 0 amide bonds. The van der Waals surface area contributed by atoms with Crippen molar-refractivity contribution in [2.24, 2.45) is 0 Å². The average Bonchev–Trinajstić information content (AvgIpc) is 2.37. The molecule has 0 saturated carbocycles. The smallest absolute Gasteiger partial charge is 0.0641 e. The number of rotatable bonds is 1. The third kappa shape index (κ3) is 2.63. The Morgan fingerprint density at radius 2 is 2.21 bits per heavy atom. The molecule has 2 aliphatic heterocycles. The number of ether oxygens (including phenoxy) is 1. The second-order valence-corrected chi connectivity index (χ2v) is 6.46. The summed E-state index contributed by atoms with van der Waals surface area (Å²) >= 11 is 0. The number of hydrogen-bond acceptors (Lipinski definition) is 3. The Labute approximate surface area is 115 Å². The minimum atomic E-state index is 0.0267. The molecule has 1 atom stereocenters. The third-order valence-electron chi connectivity index (χ3n) is 4.52. The van der Waals surface area contributed by atoms with Crippen molar-refractivity contribution < 1.29 is 4.74 Å². The SMILES string of the molecule is CC1(C)CC(N2CCc3c(N)cccc3C2)CCO1. The Balaban J connectivity index is 1.75. The van der Waals surface area contributed by atoms with E-state index in [2.05, 4.69) is 30.9 Å². The molecule has 104 valence electrons. The van der Waals surface area contributed by atoms with Gasteiger partial charge in [0.05, 0.1) is 5.60 Å². The monoisotopic (exact) mass is 260 g/mol. The Kier molecular flexibility index (Phi) is 3.27. The molecule has 1 saturated heterocycles. The van der Waals surface area contributed by atoms with Gasteiger partial charge in [-0.2, -0.15) is 0 Å². The van der Waals surface area contributed by atoms with Gasteiger partial charge in [-0.05, 0) is 50.3 Å². The fourth-order valence-corrected chi connectivity index (χ4v) is 3.48. The van der Waals surface area contributed by atoms with E-state index in [0.717, 1.165) is 44.6 Å². The van der Waals surface area contributed by atoms with E-state index >= 15 is 0 Å². The highest BCUT2D eigenvalue weighted by atomic mass is 16.5. The summed E-state index contributed by atoms with van der Waals surface area (Å²) in [4.78, 5) is 2.62. The first kappa shape index (κ1) is 12.9. The van der Waals surface area contributed by atoms with Crippen LogP contribution in [0.5, 0.6) is 0 Å². The lowest BCUT2D eigenvalue weighted by Crippen LogP contribution is -2.47. The quantitative estimate of drug-likeness (QED) is 0.789. The number of fused-ring (bicyclic) bond motifs is 1. The molecule has 2 aliphatic rings. The molecule has 2 N–H and O–H groups in total. The van der Waals surface area contributed by atoms with E-state index in [4.69, 9.17) is 10.5 Å². The van der Waals surface area contributed by atoms with Crippen LogP contribution in [0.2, 0.25) is 0 Å². The zero-order chi connectivity index (χ0) is 13.5. The van der Waals surface area contributed by atoms with Crippen LogP contribution in [0.15, 0.2) is 18.2 Å². The topological polar surface area (TPSA) is 38.5 Å². The van der Waals surface area contributed by atoms with Gasteiger partial charge in [0, 0.05) is 31.4 Å². The number of nitrogens with zero attached hydrogens (tertiary/aromatic N) is 1. The van der Waals surface area contributed by atoms with Crippen molar-refractivity contribution in [2.75, 3.05) is 18.9 Å². The molecule has 1 unspecified atom stereocenters. The zero-order valence-electron chi connectivity index (χ0n) is 12.0. The molecule has 0 spiro atoms. The van der Waals surface area contributed by atoms with Gasteiger partial charge in [0.15, 0.2) is 0 Å². The maximum Gasteiger partial charge on any atom is 0.0641 e. The van der Waals surface area contributed by atoms with E-state index < -0.39 is 0 Å². The first-order chi connectivity index (χ1) is 9.05. The van der Waals surface area contributed by atoms with E-state index in [1.165, 1.54) is 11.1 Å². The molecule has 0 radical (unpaired) electrons. The molecule has 0 bridgehead atoms. The summed E-state index contributed by atoms with van der Waals surface area (Å²) in [6.45, 7) is 7.46. The molecule has 3 heteroatoms. The van der Waals surface area contributed by atoms with Gasteiger partial charge in [-0.3, -0.25) is 4.90 Å². The molecule has 1 fully saturated rings. The van der Waals surface area contributed by atoms with Crippen LogP contribution in [0, 0.1) is 0 Å². The van der Waals surface area contributed by atoms with Crippen molar-refractivity contribution in [3.8, 4) is 0 Å². The predicted molar refractivity (Wildman–Crippen MR) is 78.0 cm³/mol.